The summed E-state index contributed by atoms with van der Waals surface area (Å²) in [5, 5.41) is 13.6. The van der Waals surface area contributed by atoms with Gasteiger partial charge in [0.15, 0.2) is 0 Å². The zero-order chi connectivity index (χ0) is 12.4. The van der Waals surface area contributed by atoms with Crippen molar-refractivity contribution in [3.63, 3.8) is 0 Å². The first-order chi connectivity index (χ1) is 8.83. The van der Waals surface area contributed by atoms with Gasteiger partial charge < -0.3 is 5.32 Å². The molecule has 5 nitrogen and oxygen atoms in total. The van der Waals surface area contributed by atoms with Gasteiger partial charge in [-0.3, -0.25) is 4.79 Å². The fourth-order valence-electron chi connectivity index (χ4n) is 2.50. The minimum Gasteiger partial charge on any atom is -0.349 e. The Morgan fingerprint density at radius 2 is 1.94 bits per heavy atom. The second-order valence-corrected chi connectivity index (χ2v) is 4.84. The van der Waals surface area contributed by atoms with E-state index in [2.05, 4.69) is 20.7 Å². The Labute approximate surface area is 105 Å². The zero-order valence-corrected chi connectivity index (χ0v) is 10.1. The van der Waals surface area contributed by atoms with Crippen molar-refractivity contribution in [2.45, 2.75) is 38.1 Å². The fraction of sp³-hybridized carbons (Fsp3) is 0.462. The molecule has 0 unspecified atom stereocenters. The Morgan fingerprint density at radius 3 is 2.78 bits per heavy atom. The van der Waals surface area contributed by atoms with Crippen LogP contribution in [0.25, 0.3) is 11.0 Å². The molecule has 1 aliphatic carbocycles. The third-order valence-electron chi connectivity index (χ3n) is 3.52. The van der Waals surface area contributed by atoms with E-state index in [0.717, 1.165) is 23.9 Å². The lowest BCUT2D eigenvalue weighted by atomic mass is 9.95. The largest absolute Gasteiger partial charge is 0.349 e. The standard InChI is InChI=1S/C13H16N4O/c18-13(14-10-4-2-1-3-5-10)9-6-7-11-12(8-9)16-17-15-11/h6-8,10H,1-5H2,(H,14,18)(H,15,16,17). The lowest BCUT2D eigenvalue weighted by Crippen LogP contribution is -2.36. The Bertz CT molecular complexity index is 557. The molecule has 0 atom stereocenters. The average molecular weight is 244 g/mol. The Kier molecular flexibility index (Phi) is 2.96. The molecule has 1 amide bonds. The van der Waals surface area contributed by atoms with Crippen molar-refractivity contribution in [1.29, 1.82) is 0 Å². The molecule has 5 heteroatoms. The normalized spacial score (nSPS) is 16.9. The maximum atomic E-state index is 12.1. The van der Waals surface area contributed by atoms with Crippen LogP contribution in [0.1, 0.15) is 42.5 Å². The minimum atomic E-state index is -0.00759. The van der Waals surface area contributed by atoms with Crippen molar-refractivity contribution in [2.24, 2.45) is 0 Å². The molecular weight excluding hydrogens is 228 g/mol. The zero-order valence-electron chi connectivity index (χ0n) is 10.1. The lowest BCUT2D eigenvalue weighted by Gasteiger charge is -2.22. The number of rotatable bonds is 2. The van der Waals surface area contributed by atoms with Crippen LogP contribution in [-0.2, 0) is 0 Å². The van der Waals surface area contributed by atoms with Gasteiger partial charge in [0.25, 0.3) is 5.91 Å². The van der Waals surface area contributed by atoms with Gasteiger partial charge in [-0.05, 0) is 31.0 Å². The van der Waals surface area contributed by atoms with Crippen LogP contribution in [0, 0.1) is 0 Å². The third-order valence-corrected chi connectivity index (χ3v) is 3.52. The molecule has 2 N–H and O–H groups in total. The highest BCUT2D eigenvalue weighted by molar-refractivity contribution is 5.97. The molecule has 0 aliphatic heterocycles. The first-order valence-electron chi connectivity index (χ1n) is 6.44. The number of carbonyl (C=O) groups is 1. The number of amides is 1. The van der Waals surface area contributed by atoms with Crippen molar-refractivity contribution >= 4 is 16.9 Å². The summed E-state index contributed by atoms with van der Waals surface area (Å²) in [6, 6.07) is 5.72. The summed E-state index contributed by atoms with van der Waals surface area (Å²) in [6.45, 7) is 0. The molecule has 0 saturated heterocycles. The first-order valence-corrected chi connectivity index (χ1v) is 6.44. The van der Waals surface area contributed by atoms with E-state index in [9.17, 15) is 4.79 Å². The van der Waals surface area contributed by atoms with E-state index in [1.165, 1.54) is 19.3 Å². The van der Waals surface area contributed by atoms with Crippen molar-refractivity contribution in [2.75, 3.05) is 0 Å². The Morgan fingerprint density at radius 1 is 1.17 bits per heavy atom. The summed E-state index contributed by atoms with van der Waals surface area (Å²) in [7, 11) is 0. The number of aromatic amines is 1. The molecule has 1 fully saturated rings. The third kappa shape index (κ3) is 2.20. The Hall–Kier alpha value is -1.91. The maximum Gasteiger partial charge on any atom is 0.251 e. The van der Waals surface area contributed by atoms with Crippen LogP contribution < -0.4 is 5.32 Å². The van der Waals surface area contributed by atoms with Gasteiger partial charge in [0.1, 0.15) is 11.0 Å². The van der Waals surface area contributed by atoms with E-state index < -0.39 is 0 Å². The van der Waals surface area contributed by atoms with Gasteiger partial charge in [-0.2, -0.15) is 15.4 Å². The molecule has 0 bridgehead atoms. The van der Waals surface area contributed by atoms with E-state index in [1.54, 1.807) is 12.1 Å². The number of benzene rings is 1. The molecule has 2 aromatic rings. The molecule has 1 aromatic heterocycles. The summed E-state index contributed by atoms with van der Waals surface area (Å²) in [4.78, 5) is 12.1. The van der Waals surface area contributed by atoms with Gasteiger partial charge in [0, 0.05) is 11.6 Å². The summed E-state index contributed by atoms with van der Waals surface area (Å²) in [5.74, 6) is -0.00759. The van der Waals surface area contributed by atoms with Crippen LogP contribution in [0.2, 0.25) is 0 Å². The fourth-order valence-corrected chi connectivity index (χ4v) is 2.50. The molecule has 1 aliphatic rings. The topological polar surface area (TPSA) is 70.7 Å². The van der Waals surface area contributed by atoms with Gasteiger partial charge in [-0.25, -0.2) is 0 Å². The number of fused-ring (bicyclic) bond motifs is 1. The van der Waals surface area contributed by atoms with Crippen molar-refractivity contribution < 1.29 is 4.79 Å². The van der Waals surface area contributed by atoms with Gasteiger partial charge in [-0.1, -0.05) is 19.3 Å². The molecule has 18 heavy (non-hydrogen) atoms. The quantitative estimate of drug-likeness (QED) is 0.849. The van der Waals surface area contributed by atoms with E-state index >= 15 is 0 Å². The summed E-state index contributed by atoms with van der Waals surface area (Å²) >= 11 is 0. The van der Waals surface area contributed by atoms with E-state index in [4.69, 9.17) is 0 Å². The lowest BCUT2D eigenvalue weighted by molar-refractivity contribution is 0.0928. The van der Waals surface area contributed by atoms with Crippen LogP contribution in [0.5, 0.6) is 0 Å². The number of H-pyrrole nitrogens is 1. The summed E-state index contributed by atoms with van der Waals surface area (Å²) < 4.78 is 0. The highest BCUT2D eigenvalue weighted by Crippen LogP contribution is 2.18. The summed E-state index contributed by atoms with van der Waals surface area (Å²) in [5.41, 5.74) is 2.16. The van der Waals surface area contributed by atoms with E-state index in [1.807, 2.05) is 6.07 Å². The molecule has 0 spiro atoms. The maximum absolute atomic E-state index is 12.1. The molecule has 1 aromatic carbocycles. The highest BCUT2D eigenvalue weighted by Gasteiger charge is 2.16. The molecule has 3 rings (SSSR count). The average Bonchev–Trinajstić information content (AvgIpc) is 2.87. The van der Waals surface area contributed by atoms with Crippen molar-refractivity contribution in [3.8, 4) is 0 Å². The van der Waals surface area contributed by atoms with E-state index in [-0.39, 0.29) is 5.91 Å². The molecule has 1 heterocycles. The number of nitrogens with zero attached hydrogens (tertiary/aromatic N) is 2. The van der Waals surface area contributed by atoms with Crippen LogP contribution in [-0.4, -0.2) is 27.4 Å². The molecule has 94 valence electrons. The first kappa shape index (κ1) is 11.2. The van der Waals surface area contributed by atoms with Crippen molar-refractivity contribution in [1.82, 2.24) is 20.7 Å². The number of nitrogens with one attached hydrogen (secondary N) is 2. The number of hydrogen-bond acceptors (Lipinski definition) is 3. The molecule has 1 saturated carbocycles. The van der Waals surface area contributed by atoms with Crippen LogP contribution >= 0.6 is 0 Å². The smallest absolute Gasteiger partial charge is 0.251 e. The van der Waals surface area contributed by atoms with Gasteiger partial charge in [-0.15, -0.1) is 0 Å². The molecule has 0 radical (unpaired) electrons. The number of aromatic nitrogens is 3. The summed E-state index contributed by atoms with van der Waals surface area (Å²) in [6.07, 6.45) is 5.91. The monoisotopic (exact) mass is 244 g/mol. The highest BCUT2D eigenvalue weighted by atomic mass is 16.1. The van der Waals surface area contributed by atoms with Gasteiger partial charge in [0.05, 0.1) is 0 Å². The van der Waals surface area contributed by atoms with Gasteiger partial charge >= 0.3 is 0 Å². The second-order valence-electron chi connectivity index (χ2n) is 4.84. The van der Waals surface area contributed by atoms with E-state index in [0.29, 0.717) is 11.6 Å². The Balaban J connectivity index is 1.74. The van der Waals surface area contributed by atoms with Crippen LogP contribution in [0.3, 0.4) is 0 Å². The van der Waals surface area contributed by atoms with Gasteiger partial charge in [0.2, 0.25) is 0 Å². The number of carbonyl (C=O) groups excluding carboxylic acids is 1. The van der Waals surface area contributed by atoms with Crippen LogP contribution in [0.4, 0.5) is 0 Å². The minimum absolute atomic E-state index is 0.00759. The predicted molar refractivity (Wildman–Crippen MR) is 68.2 cm³/mol. The number of hydrogen-bond donors (Lipinski definition) is 2. The SMILES string of the molecule is O=C(NC1CCCCC1)c1ccc2n[nH]nc2c1. The predicted octanol–water partition coefficient (Wildman–Crippen LogP) is 2.02. The second kappa shape index (κ2) is 4.76. The molecular formula is C13H16N4O. The van der Waals surface area contributed by atoms with Crippen LogP contribution in [0.15, 0.2) is 18.2 Å². The van der Waals surface area contributed by atoms with Crippen molar-refractivity contribution in [3.05, 3.63) is 23.8 Å².